The molecule has 1 heterocycles. The van der Waals surface area contributed by atoms with Crippen LogP contribution in [0.5, 0.6) is 0 Å². The number of aromatic nitrogens is 1. The first-order chi connectivity index (χ1) is 9.86. The zero-order valence-electron chi connectivity index (χ0n) is 11.6. The zero-order chi connectivity index (χ0) is 15.5. The van der Waals surface area contributed by atoms with E-state index in [2.05, 4.69) is 4.98 Å². The maximum atomic E-state index is 10.5. The van der Waals surface area contributed by atoms with Crippen LogP contribution in [0.3, 0.4) is 0 Å². The Hall–Kier alpha value is -2.18. The highest BCUT2D eigenvalue weighted by molar-refractivity contribution is 7.85. The Kier molecular flexibility index (Phi) is 4.40. The summed E-state index contributed by atoms with van der Waals surface area (Å²) >= 11 is 0. The number of hydrogen-bond acceptors (Lipinski definition) is 4. The maximum absolute atomic E-state index is 10.5. The SMILES string of the molecule is Cc1ccc(S(=O)(=O)O)cc1.Cc1nc2ccccc2o1. The molecule has 21 heavy (non-hydrogen) atoms. The second kappa shape index (κ2) is 6.07. The molecule has 0 aliphatic rings. The van der Waals surface area contributed by atoms with Gasteiger partial charge in [-0.1, -0.05) is 29.8 Å². The van der Waals surface area contributed by atoms with Crippen LogP contribution in [0.1, 0.15) is 11.5 Å². The molecule has 0 saturated carbocycles. The highest BCUT2D eigenvalue weighted by atomic mass is 32.2. The van der Waals surface area contributed by atoms with Crippen molar-refractivity contribution in [3.05, 3.63) is 60.0 Å². The fourth-order valence-electron chi connectivity index (χ4n) is 1.70. The number of para-hydroxylation sites is 2. The second-order valence-electron chi connectivity index (χ2n) is 4.49. The minimum Gasteiger partial charge on any atom is -0.441 e. The normalized spacial score (nSPS) is 11.0. The van der Waals surface area contributed by atoms with Crippen molar-refractivity contribution in [2.75, 3.05) is 0 Å². The number of hydrogen-bond donors (Lipinski definition) is 1. The number of fused-ring (bicyclic) bond motifs is 1. The van der Waals surface area contributed by atoms with Crippen molar-refractivity contribution in [1.82, 2.24) is 4.98 Å². The molecule has 1 N–H and O–H groups in total. The average Bonchev–Trinajstić information content (AvgIpc) is 2.79. The van der Waals surface area contributed by atoms with E-state index in [1.54, 1.807) is 12.1 Å². The Morgan fingerprint density at radius 3 is 2.19 bits per heavy atom. The molecule has 0 aliphatic carbocycles. The van der Waals surface area contributed by atoms with Gasteiger partial charge in [0.15, 0.2) is 11.5 Å². The van der Waals surface area contributed by atoms with E-state index < -0.39 is 10.1 Å². The van der Waals surface area contributed by atoms with Gasteiger partial charge in [0.2, 0.25) is 0 Å². The van der Waals surface area contributed by atoms with Gasteiger partial charge in [-0.15, -0.1) is 0 Å². The van der Waals surface area contributed by atoms with Gasteiger partial charge in [-0.2, -0.15) is 8.42 Å². The molecule has 3 rings (SSSR count). The third-order valence-corrected chi connectivity index (χ3v) is 3.59. The van der Waals surface area contributed by atoms with Gasteiger partial charge in [-0.05, 0) is 31.2 Å². The highest BCUT2D eigenvalue weighted by Crippen LogP contribution is 2.13. The summed E-state index contributed by atoms with van der Waals surface area (Å²) in [6, 6.07) is 13.7. The first kappa shape index (κ1) is 15.2. The molecule has 5 nitrogen and oxygen atoms in total. The summed E-state index contributed by atoms with van der Waals surface area (Å²) in [5.41, 5.74) is 2.75. The average molecular weight is 305 g/mol. The predicted octanol–water partition coefficient (Wildman–Crippen LogP) is 3.38. The summed E-state index contributed by atoms with van der Waals surface area (Å²) in [4.78, 5) is 4.08. The molecule has 3 aromatic rings. The monoisotopic (exact) mass is 305 g/mol. The Morgan fingerprint density at radius 2 is 1.62 bits per heavy atom. The van der Waals surface area contributed by atoms with Gasteiger partial charge in [-0.3, -0.25) is 4.55 Å². The molecule has 6 heteroatoms. The number of benzene rings is 2. The van der Waals surface area contributed by atoms with Crippen LogP contribution in [0.25, 0.3) is 11.1 Å². The van der Waals surface area contributed by atoms with E-state index in [0.29, 0.717) is 0 Å². The first-order valence-electron chi connectivity index (χ1n) is 6.22. The summed E-state index contributed by atoms with van der Waals surface area (Å²) in [7, 11) is -4.02. The molecule has 110 valence electrons. The maximum Gasteiger partial charge on any atom is 0.294 e. The van der Waals surface area contributed by atoms with Crippen LogP contribution in [-0.4, -0.2) is 18.0 Å². The van der Waals surface area contributed by atoms with Crippen LogP contribution >= 0.6 is 0 Å². The van der Waals surface area contributed by atoms with Crippen molar-refractivity contribution in [2.45, 2.75) is 18.7 Å². The van der Waals surface area contributed by atoms with Crippen molar-refractivity contribution in [2.24, 2.45) is 0 Å². The predicted molar refractivity (Wildman–Crippen MR) is 79.7 cm³/mol. The standard InChI is InChI=1S/C8H7NO.C7H8O3S/c1-6-9-7-4-2-3-5-8(7)10-6;1-6-2-4-7(5-3-6)11(8,9)10/h2-5H,1H3;2-5H,1H3,(H,8,9,10). The minimum atomic E-state index is -4.02. The van der Waals surface area contributed by atoms with Crippen molar-refractivity contribution in [3.63, 3.8) is 0 Å². The fourth-order valence-corrected chi connectivity index (χ4v) is 2.18. The van der Waals surface area contributed by atoms with Gasteiger partial charge in [0.05, 0.1) is 4.90 Å². The largest absolute Gasteiger partial charge is 0.441 e. The van der Waals surface area contributed by atoms with Crippen LogP contribution in [-0.2, 0) is 10.1 Å². The highest BCUT2D eigenvalue weighted by Gasteiger charge is 2.06. The number of oxazole rings is 1. The number of rotatable bonds is 1. The topological polar surface area (TPSA) is 80.4 Å². The molecular formula is C15H15NO4S. The molecule has 0 bridgehead atoms. The van der Waals surface area contributed by atoms with Crippen molar-refractivity contribution in [1.29, 1.82) is 0 Å². The number of aryl methyl sites for hydroxylation is 2. The molecular weight excluding hydrogens is 290 g/mol. The van der Waals surface area contributed by atoms with E-state index >= 15 is 0 Å². The van der Waals surface area contributed by atoms with Crippen LogP contribution in [0.2, 0.25) is 0 Å². The Morgan fingerprint density at radius 1 is 1.00 bits per heavy atom. The van der Waals surface area contributed by atoms with Crippen molar-refractivity contribution < 1.29 is 17.4 Å². The van der Waals surface area contributed by atoms with Gasteiger partial charge in [0.25, 0.3) is 10.1 Å². The summed E-state index contributed by atoms with van der Waals surface area (Å²) in [5, 5.41) is 0. The summed E-state index contributed by atoms with van der Waals surface area (Å²) in [6.45, 7) is 3.69. The Bertz CT molecular complexity index is 802. The molecule has 0 saturated heterocycles. The fraction of sp³-hybridized carbons (Fsp3) is 0.133. The smallest absolute Gasteiger partial charge is 0.294 e. The lowest BCUT2D eigenvalue weighted by atomic mass is 10.2. The van der Waals surface area contributed by atoms with E-state index in [1.165, 1.54) is 12.1 Å². The number of nitrogens with zero attached hydrogens (tertiary/aromatic N) is 1. The van der Waals surface area contributed by atoms with Gasteiger partial charge in [0, 0.05) is 6.92 Å². The van der Waals surface area contributed by atoms with Crippen LogP contribution < -0.4 is 0 Å². The second-order valence-corrected chi connectivity index (χ2v) is 5.91. The third-order valence-electron chi connectivity index (χ3n) is 2.72. The lowest BCUT2D eigenvalue weighted by Gasteiger charge is -1.95. The molecule has 0 spiro atoms. The quantitative estimate of drug-likeness (QED) is 0.697. The van der Waals surface area contributed by atoms with E-state index in [9.17, 15) is 8.42 Å². The molecule has 0 fully saturated rings. The molecule has 0 amide bonds. The lowest BCUT2D eigenvalue weighted by Crippen LogP contribution is -1.96. The van der Waals surface area contributed by atoms with Crippen LogP contribution in [0.4, 0.5) is 0 Å². The van der Waals surface area contributed by atoms with E-state index in [0.717, 1.165) is 22.6 Å². The molecule has 0 aliphatic heterocycles. The minimum absolute atomic E-state index is 0.0666. The van der Waals surface area contributed by atoms with E-state index in [4.69, 9.17) is 8.97 Å². The lowest BCUT2D eigenvalue weighted by molar-refractivity contribution is 0.483. The summed E-state index contributed by atoms with van der Waals surface area (Å²) in [5.74, 6) is 0.723. The van der Waals surface area contributed by atoms with Gasteiger partial charge < -0.3 is 4.42 Å². The molecule has 0 radical (unpaired) electrons. The molecule has 2 aromatic carbocycles. The molecule has 1 aromatic heterocycles. The third kappa shape index (κ3) is 4.14. The van der Waals surface area contributed by atoms with Crippen LogP contribution in [0.15, 0.2) is 57.8 Å². The Labute approximate surface area is 123 Å². The van der Waals surface area contributed by atoms with E-state index in [1.807, 2.05) is 38.1 Å². The summed E-state index contributed by atoms with van der Waals surface area (Å²) in [6.07, 6.45) is 0. The van der Waals surface area contributed by atoms with Crippen molar-refractivity contribution in [3.8, 4) is 0 Å². The molecule has 0 unspecified atom stereocenters. The van der Waals surface area contributed by atoms with E-state index in [-0.39, 0.29) is 4.90 Å². The Balaban J connectivity index is 0.000000154. The summed E-state index contributed by atoms with van der Waals surface area (Å²) < 4.78 is 34.8. The van der Waals surface area contributed by atoms with Crippen LogP contribution in [0, 0.1) is 13.8 Å². The zero-order valence-corrected chi connectivity index (χ0v) is 12.5. The molecule has 0 atom stereocenters. The first-order valence-corrected chi connectivity index (χ1v) is 7.66. The van der Waals surface area contributed by atoms with Gasteiger partial charge >= 0.3 is 0 Å². The van der Waals surface area contributed by atoms with Crippen molar-refractivity contribution >= 4 is 21.2 Å². The van der Waals surface area contributed by atoms with Gasteiger partial charge in [-0.25, -0.2) is 4.98 Å². The van der Waals surface area contributed by atoms with Gasteiger partial charge in [0.1, 0.15) is 5.52 Å².